The van der Waals surface area contributed by atoms with Crippen molar-refractivity contribution in [3.05, 3.63) is 12.4 Å². The molecule has 2 aliphatic rings. The normalized spacial score (nSPS) is 30.2. The van der Waals surface area contributed by atoms with Gasteiger partial charge < -0.3 is 10.3 Å². The Morgan fingerprint density at radius 2 is 1.78 bits per heavy atom. The average Bonchev–Trinajstić information content (AvgIpc) is 2.93. The first-order valence-electron chi connectivity index (χ1n) is 7.69. The van der Waals surface area contributed by atoms with E-state index in [0.717, 1.165) is 17.8 Å². The smallest absolute Gasteiger partial charge is 0.200 e. The number of nitrogens with one attached hydrogen (secondary N) is 2. The number of hydrogen-bond donors (Lipinski definition) is 2. The van der Waals surface area contributed by atoms with E-state index < -0.39 is 0 Å². The SMILES string of the molecule is c1c[nH]c(NC2CCCCC2C2CCCCC2)n1. The molecule has 2 saturated carbocycles. The van der Waals surface area contributed by atoms with Crippen molar-refractivity contribution in [1.29, 1.82) is 0 Å². The van der Waals surface area contributed by atoms with Crippen molar-refractivity contribution < 1.29 is 0 Å². The van der Waals surface area contributed by atoms with Crippen LogP contribution in [0.5, 0.6) is 0 Å². The minimum atomic E-state index is 0.646. The first kappa shape index (κ1) is 12.1. The fourth-order valence-corrected chi connectivity index (χ4v) is 3.99. The van der Waals surface area contributed by atoms with Crippen LogP contribution in [0.3, 0.4) is 0 Å². The van der Waals surface area contributed by atoms with Crippen LogP contribution in [0.15, 0.2) is 12.4 Å². The van der Waals surface area contributed by atoms with Crippen LogP contribution in [0.1, 0.15) is 57.8 Å². The van der Waals surface area contributed by atoms with Crippen LogP contribution in [0.25, 0.3) is 0 Å². The quantitative estimate of drug-likeness (QED) is 0.848. The molecule has 2 N–H and O–H groups in total. The van der Waals surface area contributed by atoms with Gasteiger partial charge in [-0.15, -0.1) is 0 Å². The molecule has 0 aliphatic heterocycles. The van der Waals surface area contributed by atoms with Crippen LogP contribution in [0, 0.1) is 11.8 Å². The Labute approximate surface area is 110 Å². The molecule has 3 nitrogen and oxygen atoms in total. The monoisotopic (exact) mass is 247 g/mol. The third-order valence-corrected chi connectivity index (χ3v) is 4.90. The lowest BCUT2D eigenvalue weighted by Gasteiger charge is -2.39. The molecule has 0 bridgehead atoms. The minimum Gasteiger partial charge on any atom is -0.353 e. The van der Waals surface area contributed by atoms with E-state index in [1.807, 2.05) is 12.4 Å². The summed E-state index contributed by atoms with van der Waals surface area (Å²) in [4.78, 5) is 7.51. The van der Waals surface area contributed by atoms with Gasteiger partial charge in [-0.3, -0.25) is 0 Å². The first-order valence-corrected chi connectivity index (χ1v) is 7.69. The highest BCUT2D eigenvalue weighted by molar-refractivity contribution is 5.25. The highest BCUT2D eigenvalue weighted by atomic mass is 15.1. The van der Waals surface area contributed by atoms with Gasteiger partial charge in [0.1, 0.15) is 0 Å². The molecule has 0 amide bonds. The Bertz CT molecular complexity index is 341. The Hall–Kier alpha value is -0.990. The fraction of sp³-hybridized carbons (Fsp3) is 0.800. The Morgan fingerprint density at radius 3 is 2.56 bits per heavy atom. The molecular formula is C15H25N3. The van der Waals surface area contributed by atoms with Gasteiger partial charge >= 0.3 is 0 Å². The van der Waals surface area contributed by atoms with Gasteiger partial charge in [0.15, 0.2) is 5.95 Å². The van der Waals surface area contributed by atoms with Crippen molar-refractivity contribution in [2.75, 3.05) is 5.32 Å². The van der Waals surface area contributed by atoms with E-state index in [1.165, 1.54) is 57.8 Å². The maximum absolute atomic E-state index is 4.32. The second kappa shape index (κ2) is 5.77. The lowest BCUT2D eigenvalue weighted by molar-refractivity contribution is 0.180. The number of hydrogen-bond acceptors (Lipinski definition) is 2. The zero-order chi connectivity index (χ0) is 12.2. The maximum Gasteiger partial charge on any atom is 0.200 e. The Kier molecular flexibility index (Phi) is 3.87. The topological polar surface area (TPSA) is 40.7 Å². The van der Waals surface area contributed by atoms with Crippen molar-refractivity contribution in [3.63, 3.8) is 0 Å². The number of nitrogens with zero attached hydrogens (tertiary/aromatic N) is 1. The largest absolute Gasteiger partial charge is 0.353 e. The molecule has 1 aromatic heterocycles. The highest BCUT2D eigenvalue weighted by Crippen LogP contribution is 2.39. The van der Waals surface area contributed by atoms with Crippen LogP contribution in [0.2, 0.25) is 0 Å². The van der Waals surface area contributed by atoms with Crippen LogP contribution in [0.4, 0.5) is 5.95 Å². The van der Waals surface area contributed by atoms with Gasteiger partial charge in [0.2, 0.25) is 0 Å². The van der Waals surface area contributed by atoms with E-state index in [1.54, 1.807) is 0 Å². The summed E-state index contributed by atoms with van der Waals surface area (Å²) in [5, 5.41) is 3.64. The van der Waals surface area contributed by atoms with Crippen molar-refractivity contribution >= 4 is 5.95 Å². The van der Waals surface area contributed by atoms with Gasteiger partial charge in [-0.05, 0) is 24.7 Å². The van der Waals surface area contributed by atoms with E-state index in [4.69, 9.17) is 0 Å². The summed E-state index contributed by atoms with van der Waals surface area (Å²) in [7, 11) is 0. The van der Waals surface area contributed by atoms with Crippen molar-refractivity contribution in [1.82, 2.24) is 9.97 Å². The molecule has 1 aromatic rings. The number of aromatic nitrogens is 2. The summed E-state index contributed by atoms with van der Waals surface area (Å²) < 4.78 is 0. The third kappa shape index (κ3) is 2.70. The molecule has 2 aliphatic carbocycles. The molecule has 1 heterocycles. The maximum atomic E-state index is 4.32. The Morgan fingerprint density at radius 1 is 1.00 bits per heavy atom. The molecular weight excluding hydrogens is 222 g/mol. The summed E-state index contributed by atoms with van der Waals surface area (Å²) in [6, 6.07) is 0.646. The molecule has 2 unspecified atom stereocenters. The van der Waals surface area contributed by atoms with Crippen molar-refractivity contribution in [3.8, 4) is 0 Å². The number of imidazole rings is 1. The summed E-state index contributed by atoms with van der Waals surface area (Å²) in [5.74, 6) is 2.80. The third-order valence-electron chi connectivity index (χ3n) is 4.90. The van der Waals surface area contributed by atoms with Crippen molar-refractivity contribution in [2.24, 2.45) is 11.8 Å². The summed E-state index contributed by atoms with van der Waals surface area (Å²) in [6.45, 7) is 0. The molecule has 3 heteroatoms. The van der Waals surface area contributed by atoms with Gasteiger partial charge in [-0.25, -0.2) is 4.98 Å². The summed E-state index contributed by atoms with van der Waals surface area (Å²) in [6.07, 6.45) is 16.6. The molecule has 0 saturated heterocycles. The summed E-state index contributed by atoms with van der Waals surface area (Å²) >= 11 is 0. The predicted molar refractivity (Wildman–Crippen MR) is 74.5 cm³/mol. The van der Waals surface area contributed by atoms with Gasteiger partial charge in [0, 0.05) is 18.4 Å². The van der Waals surface area contributed by atoms with Gasteiger partial charge in [0.05, 0.1) is 0 Å². The van der Waals surface area contributed by atoms with Gasteiger partial charge in [-0.2, -0.15) is 0 Å². The lowest BCUT2D eigenvalue weighted by atomic mass is 9.71. The second-order valence-electron chi connectivity index (χ2n) is 6.04. The molecule has 2 atom stereocenters. The van der Waals surface area contributed by atoms with Crippen LogP contribution >= 0.6 is 0 Å². The molecule has 0 aromatic carbocycles. The molecule has 3 rings (SSSR count). The number of H-pyrrole nitrogens is 1. The van der Waals surface area contributed by atoms with E-state index in [9.17, 15) is 0 Å². The van der Waals surface area contributed by atoms with E-state index >= 15 is 0 Å². The number of aromatic amines is 1. The molecule has 100 valence electrons. The molecule has 0 radical (unpaired) electrons. The van der Waals surface area contributed by atoms with E-state index in [0.29, 0.717) is 6.04 Å². The van der Waals surface area contributed by atoms with Gasteiger partial charge in [0.25, 0.3) is 0 Å². The molecule has 18 heavy (non-hydrogen) atoms. The minimum absolute atomic E-state index is 0.646. The highest BCUT2D eigenvalue weighted by Gasteiger charge is 2.32. The zero-order valence-electron chi connectivity index (χ0n) is 11.2. The van der Waals surface area contributed by atoms with E-state index in [2.05, 4.69) is 15.3 Å². The Balaban J connectivity index is 1.65. The number of rotatable bonds is 3. The number of anilines is 1. The van der Waals surface area contributed by atoms with Crippen molar-refractivity contribution in [2.45, 2.75) is 63.8 Å². The molecule has 0 spiro atoms. The van der Waals surface area contributed by atoms with Crippen LogP contribution in [-0.2, 0) is 0 Å². The lowest BCUT2D eigenvalue weighted by Crippen LogP contribution is -2.37. The fourth-order valence-electron chi connectivity index (χ4n) is 3.99. The predicted octanol–water partition coefficient (Wildman–Crippen LogP) is 3.96. The van der Waals surface area contributed by atoms with Crippen LogP contribution in [-0.4, -0.2) is 16.0 Å². The average molecular weight is 247 g/mol. The summed E-state index contributed by atoms with van der Waals surface area (Å²) in [5.41, 5.74) is 0. The van der Waals surface area contributed by atoms with Crippen LogP contribution < -0.4 is 5.32 Å². The second-order valence-corrected chi connectivity index (χ2v) is 6.04. The molecule has 2 fully saturated rings. The standard InChI is InChI=1S/C15H25N3/c1-2-6-12(7-3-1)13-8-4-5-9-14(13)18-15-16-10-11-17-15/h10-14H,1-9H2,(H2,16,17,18). The first-order chi connectivity index (χ1) is 8.93. The van der Waals surface area contributed by atoms with E-state index in [-0.39, 0.29) is 0 Å². The zero-order valence-corrected chi connectivity index (χ0v) is 11.2. The van der Waals surface area contributed by atoms with Gasteiger partial charge in [-0.1, -0.05) is 44.9 Å².